The summed E-state index contributed by atoms with van der Waals surface area (Å²) >= 11 is 5.97. The molecule has 3 aromatic carbocycles. The zero-order valence-electron chi connectivity index (χ0n) is 15.4. The number of anilines is 1. The summed E-state index contributed by atoms with van der Waals surface area (Å²) in [6.45, 7) is 0. The maximum absolute atomic E-state index is 12.1. The molecular formula is C22H14ClN3O4. The van der Waals surface area contributed by atoms with E-state index in [9.17, 15) is 14.9 Å². The van der Waals surface area contributed by atoms with Crippen LogP contribution in [0.3, 0.4) is 0 Å². The summed E-state index contributed by atoms with van der Waals surface area (Å²) in [6, 6.07) is 18.3. The summed E-state index contributed by atoms with van der Waals surface area (Å²) in [5.41, 5.74) is 3.18. The first-order valence-corrected chi connectivity index (χ1v) is 9.26. The third-order valence-corrected chi connectivity index (χ3v) is 4.49. The molecule has 0 spiro atoms. The third-order valence-electron chi connectivity index (χ3n) is 4.26. The van der Waals surface area contributed by atoms with Gasteiger partial charge in [0.2, 0.25) is 11.8 Å². The first kappa shape index (κ1) is 19.4. The molecule has 1 amide bonds. The van der Waals surface area contributed by atoms with E-state index in [1.54, 1.807) is 54.6 Å². The van der Waals surface area contributed by atoms with Gasteiger partial charge in [-0.15, -0.1) is 0 Å². The Kier molecular flexibility index (Phi) is 5.28. The molecule has 1 heterocycles. The topological polar surface area (TPSA) is 98.3 Å². The van der Waals surface area contributed by atoms with Crippen molar-refractivity contribution < 1.29 is 14.1 Å². The Morgan fingerprint density at radius 2 is 1.90 bits per heavy atom. The number of amides is 1. The van der Waals surface area contributed by atoms with E-state index in [4.69, 9.17) is 16.0 Å². The molecule has 8 heteroatoms. The number of hydrogen-bond acceptors (Lipinski definition) is 5. The molecular weight excluding hydrogens is 406 g/mol. The molecule has 30 heavy (non-hydrogen) atoms. The highest BCUT2D eigenvalue weighted by molar-refractivity contribution is 6.31. The van der Waals surface area contributed by atoms with E-state index in [0.717, 1.165) is 5.56 Å². The quantitative estimate of drug-likeness (QED) is 0.254. The fourth-order valence-electron chi connectivity index (χ4n) is 2.82. The second-order valence-electron chi connectivity index (χ2n) is 6.38. The lowest BCUT2D eigenvalue weighted by Gasteiger charge is -2.03. The molecule has 1 N–H and O–H groups in total. The number of rotatable bonds is 5. The van der Waals surface area contributed by atoms with Gasteiger partial charge in [0, 0.05) is 34.5 Å². The highest BCUT2D eigenvalue weighted by atomic mass is 35.5. The number of carbonyl (C=O) groups excluding carboxylic acids is 1. The summed E-state index contributed by atoms with van der Waals surface area (Å²) < 4.78 is 5.73. The first-order chi connectivity index (χ1) is 14.5. The SMILES string of the molecule is O=C(C=Cc1cccc([N+](=O)[O-])c1)Nc1ccc(-c2nc3cc(Cl)ccc3o2)cc1. The van der Waals surface area contributed by atoms with Gasteiger partial charge < -0.3 is 9.73 Å². The van der Waals surface area contributed by atoms with Gasteiger partial charge in [-0.25, -0.2) is 4.98 Å². The van der Waals surface area contributed by atoms with Crippen LogP contribution in [-0.4, -0.2) is 15.8 Å². The maximum Gasteiger partial charge on any atom is 0.270 e. The van der Waals surface area contributed by atoms with Gasteiger partial charge in [-0.2, -0.15) is 0 Å². The average molecular weight is 420 g/mol. The van der Waals surface area contributed by atoms with Crippen LogP contribution >= 0.6 is 11.6 Å². The molecule has 0 saturated heterocycles. The second-order valence-corrected chi connectivity index (χ2v) is 6.82. The monoisotopic (exact) mass is 419 g/mol. The summed E-state index contributed by atoms with van der Waals surface area (Å²) in [5.74, 6) is 0.0986. The molecule has 0 aliphatic heterocycles. The van der Waals surface area contributed by atoms with Gasteiger partial charge in [0.15, 0.2) is 5.58 Å². The molecule has 1 aromatic heterocycles. The number of hydrogen-bond donors (Lipinski definition) is 1. The number of nitrogens with one attached hydrogen (secondary N) is 1. The number of non-ortho nitro benzene ring substituents is 1. The van der Waals surface area contributed by atoms with Crippen LogP contribution in [0.15, 0.2) is 77.2 Å². The number of benzene rings is 3. The van der Waals surface area contributed by atoms with E-state index in [-0.39, 0.29) is 11.6 Å². The van der Waals surface area contributed by atoms with E-state index >= 15 is 0 Å². The molecule has 0 aliphatic rings. The van der Waals surface area contributed by atoms with Gasteiger partial charge in [-0.1, -0.05) is 23.7 Å². The fourth-order valence-corrected chi connectivity index (χ4v) is 2.98. The molecule has 0 radical (unpaired) electrons. The van der Waals surface area contributed by atoms with Gasteiger partial charge in [0.25, 0.3) is 5.69 Å². The predicted octanol–water partition coefficient (Wildman–Crippen LogP) is 5.71. The van der Waals surface area contributed by atoms with Crippen molar-refractivity contribution in [2.24, 2.45) is 0 Å². The number of nitro benzene ring substituents is 1. The lowest BCUT2D eigenvalue weighted by Crippen LogP contribution is -2.07. The van der Waals surface area contributed by atoms with Crippen LogP contribution < -0.4 is 5.32 Å². The van der Waals surface area contributed by atoms with Crippen LogP contribution in [0.4, 0.5) is 11.4 Å². The largest absolute Gasteiger partial charge is 0.436 e. The fraction of sp³-hybridized carbons (Fsp3) is 0. The Balaban J connectivity index is 1.44. The van der Waals surface area contributed by atoms with Crippen molar-refractivity contribution in [2.75, 3.05) is 5.32 Å². The number of fused-ring (bicyclic) bond motifs is 1. The first-order valence-electron chi connectivity index (χ1n) is 8.88. The zero-order valence-corrected chi connectivity index (χ0v) is 16.2. The standard InChI is InChI=1S/C22H14ClN3O4/c23-16-7-10-20-19(13-16)25-22(30-20)15-5-8-17(9-6-15)24-21(27)11-4-14-2-1-3-18(12-14)26(28)29/h1-13H,(H,24,27). The van der Waals surface area contributed by atoms with E-state index in [0.29, 0.717) is 33.3 Å². The Hall–Kier alpha value is -3.97. The molecule has 7 nitrogen and oxygen atoms in total. The minimum Gasteiger partial charge on any atom is -0.436 e. The van der Waals surface area contributed by atoms with Crippen molar-refractivity contribution in [1.29, 1.82) is 0 Å². The van der Waals surface area contributed by atoms with Gasteiger partial charge in [-0.3, -0.25) is 14.9 Å². The number of oxazole rings is 1. The van der Waals surface area contributed by atoms with Crippen LogP contribution in [0.25, 0.3) is 28.6 Å². The van der Waals surface area contributed by atoms with Crippen molar-refractivity contribution in [3.63, 3.8) is 0 Å². The Labute approximate surface area is 175 Å². The lowest BCUT2D eigenvalue weighted by molar-refractivity contribution is -0.384. The molecule has 0 fully saturated rings. The van der Waals surface area contributed by atoms with Crippen molar-refractivity contribution in [1.82, 2.24) is 4.98 Å². The van der Waals surface area contributed by atoms with Gasteiger partial charge in [-0.05, 0) is 54.1 Å². The van der Waals surface area contributed by atoms with E-state index in [2.05, 4.69) is 10.3 Å². The minimum absolute atomic E-state index is 0.0328. The van der Waals surface area contributed by atoms with E-state index in [1.165, 1.54) is 24.3 Å². The number of nitrogens with zero attached hydrogens (tertiary/aromatic N) is 2. The molecule has 0 aliphatic carbocycles. The zero-order chi connectivity index (χ0) is 21.1. The molecule has 148 valence electrons. The highest BCUT2D eigenvalue weighted by Crippen LogP contribution is 2.27. The Bertz CT molecular complexity index is 1280. The molecule has 0 atom stereocenters. The normalized spacial score (nSPS) is 11.1. The van der Waals surface area contributed by atoms with Gasteiger partial charge >= 0.3 is 0 Å². The Morgan fingerprint density at radius 3 is 2.67 bits per heavy atom. The predicted molar refractivity (Wildman–Crippen MR) is 115 cm³/mol. The van der Waals surface area contributed by atoms with E-state index in [1.807, 2.05) is 0 Å². The number of halogens is 1. The number of nitro groups is 1. The van der Waals surface area contributed by atoms with E-state index < -0.39 is 4.92 Å². The smallest absolute Gasteiger partial charge is 0.270 e. The van der Waals surface area contributed by atoms with Crippen LogP contribution in [0.5, 0.6) is 0 Å². The van der Waals surface area contributed by atoms with Crippen molar-refractivity contribution in [3.8, 4) is 11.5 Å². The molecule has 0 unspecified atom stereocenters. The number of aromatic nitrogens is 1. The molecule has 0 bridgehead atoms. The highest BCUT2D eigenvalue weighted by Gasteiger charge is 2.09. The lowest BCUT2D eigenvalue weighted by atomic mass is 10.2. The van der Waals surface area contributed by atoms with Crippen LogP contribution in [0.2, 0.25) is 5.02 Å². The second kappa shape index (κ2) is 8.18. The summed E-state index contributed by atoms with van der Waals surface area (Å²) in [7, 11) is 0. The summed E-state index contributed by atoms with van der Waals surface area (Å²) in [6.07, 6.45) is 2.83. The van der Waals surface area contributed by atoms with Crippen LogP contribution in [0.1, 0.15) is 5.56 Å². The third kappa shape index (κ3) is 4.37. The molecule has 4 aromatic rings. The van der Waals surface area contributed by atoms with Crippen LogP contribution in [-0.2, 0) is 4.79 Å². The van der Waals surface area contributed by atoms with Gasteiger partial charge in [0.1, 0.15) is 5.52 Å². The minimum atomic E-state index is -0.482. The summed E-state index contributed by atoms with van der Waals surface area (Å²) in [5, 5.41) is 14.1. The summed E-state index contributed by atoms with van der Waals surface area (Å²) in [4.78, 5) is 26.9. The average Bonchev–Trinajstić information content (AvgIpc) is 3.16. The Morgan fingerprint density at radius 1 is 1.10 bits per heavy atom. The number of carbonyl (C=O) groups is 1. The van der Waals surface area contributed by atoms with Crippen molar-refractivity contribution in [3.05, 3.63) is 93.5 Å². The van der Waals surface area contributed by atoms with Crippen molar-refractivity contribution in [2.45, 2.75) is 0 Å². The van der Waals surface area contributed by atoms with Crippen molar-refractivity contribution >= 4 is 46.1 Å². The van der Waals surface area contributed by atoms with Crippen LogP contribution in [0, 0.1) is 10.1 Å². The molecule has 4 rings (SSSR count). The maximum atomic E-state index is 12.1. The van der Waals surface area contributed by atoms with Gasteiger partial charge in [0.05, 0.1) is 4.92 Å². The molecule has 0 saturated carbocycles.